The van der Waals surface area contributed by atoms with Gasteiger partial charge in [-0.25, -0.2) is 0 Å². The SMILES string of the molecule is c1ccc(-n2c3ccccc3c3cc(-n4c5ccc6c(c5c5ccc7ccccc7c54)Oc4ccccc4C64c5ccccc5-c5ccccc54)ccc32)cc1. The summed E-state index contributed by atoms with van der Waals surface area (Å²) in [6, 6.07) is 71.0. The van der Waals surface area contributed by atoms with Crippen LogP contribution in [0.15, 0.2) is 194 Å². The molecule has 3 heteroatoms. The second kappa shape index (κ2) is 10.9. The average Bonchev–Trinajstić information content (AvgIpc) is 3.89. The molecule has 260 valence electrons. The minimum Gasteiger partial charge on any atom is -0.456 e. The lowest BCUT2D eigenvalue weighted by molar-refractivity contribution is 0.442. The van der Waals surface area contributed by atoms with Gasteiger partial charge in [-0.1, -0.05) is 146 Å². The molecule has 13 rings (SSSR count). The van der Waals surface area contributed by atoms with Crippen LogP contribution in [0.4, 0.5) is 0 Å². The van der Waals surface area contributed by atoms with E-state index >= 15 is 0 Å². The zero-order valence-electron chi connectivity index (χ0n) is 30.3. The number of aromatic nitrogens is 2. The van der Waals surface area contributed by atoms with Crippen molar-refractivity contribution >= 4 is 54.4 Å². The van der Waals surface area contributed by atoms with Gasteiger partial charge in [0.05, 0.1) is 32.9 Å². The van der Waals surface area contributed by atoms with Gasteiger partial charge in [0, 0.05) is 44.0 Å². The minimum atomic E-state index is -0.533. The lowest BCUT2D eigenvalue weighted by Gasteiger charge is -2.39. The first kappa shape index (κ1) is 30.0. The summed E-state index contributed by atoms with van der Waals surface area (Å²) >= 11 is 0. The van der Waals surface area contributed by atoms with Gasteiger partial charge in [-0.3, -0.25) is 0 Å². The number of hydrogen-bond donors (Lipinski definition) is 0. The second-order valence-electron chi connectivity index (χ2n) is 15.2. The van der Waals surface area contributed by atoms with E-state index in [1.54, 1.807) is 0 Å². The van der Waals surface area contributed by atoms with Crippen LogP contribution in [-0.2, 0) is 5.41 Å². The van der Waals surface area contributed by atoms with Gasteiger partial charge in [0.25, 0.3) is 0 Å². The van der Waals surface area contributed by atoms with E-state index in [0.29, 0.717) is 0 Å². The lowest BCUT2D eigenvalue weighted by Crippen LogP contribution is -2.32. The number of fused-ring (bicyclic) bond motifs is 18. The molecular weight excluding hydrogens is 681 g/mol. The van der Waals surface area contributed by atoms with E-state index < -0.39 is 5.41 Å². The van der Waals surface area contributed by atoms with E-state index in [2.05, 4.69) is 203 Å². The van der Waals surface area contributed by atoms with Crippen molar-refractivity contribution in [2.24, 2.45) is 0 Å². The van der Waals surface area contributed by atoms with E-state index in [0.717, 1.165) is 33.8 Å². The number of para-hydroxylation sites is 3. The third-order valence-electron chi connectivity index (χ3n) is 12.6. The zero-order valence-corrected chi connectivity index (χ0v) is 30.3. The van der Waals surface area contributed by atoms with Gasteiger partial charge in [0.15, 0.2) is 0 Å². The number of rotatable bonds is 2. The van der Waals surface area contributed by atoms with E-state index in [-0.39, 0.29) is 0 Å². The minimum absolute atomic E-state index is 0.533. The Balaban J connectivity index is 1.17. The molecule has 0 N–H and O–H groups in total. The van der Waals surface area contributed by atoms with Crippen LogP contribution in [0.2, 0.25) is 0 Å². The number of hydrogen-bond acceptors (Lipinski definition) is 1. The molecule has 1 aliphatic heterocycles. The third-order valence-corrected chi connectivity index (χ3v) is 12.6. The van der Waals surface area contributed by atoms with Gasteiger partial charge in [0.1, 0.15) is 11.5 Å². The van der Waals surface area contributed by atoms with Gasteiger partial charge in [-0.2, -0.15) is 0 Å². The number of ether oxygens (including phenoxy) is 1. The molecule has 0 bridgehead atoms. The summed E-state index contributed by atoms with van der Waals surface area (Å²) in [4.78, 5) is 0. The molecule has 56 heavy (non-hydrogen) atoms. The topological polar surface area (TPSA) is 19.1 Å². The molecule has 0 saturated heterocycles. The van der Waals surface area contributed by atoms with Crippen molar-refractivity contribution < 1.29 is 4.74 Å². The van der Waals surface area contributed by atoms with Crippen LogP contribution in [0, 0.1) is 0 Å². The Kier molecular flexibility index (Phi) is 5.83. The van der Waals surface area contributed by atoms with E-state index in [4.69, 9.17) is 4.74 Å². The van der Waals surface area contributed by atoms with Crippen LogP contribution in [-0.4, -0.2) is 9.13 Å². The molecule has 2 aliphatic rings. The van der Waals surface area contributed by atoms with E-state index in [1.165, 1.54) is 76.9 Å². The van der Waals surface area contributed by atoms with Crippen molar-refractivity contribution in [2.75, 3.05) is 0 Å². The lowest BCUT2D eigenvalue weighted by atomic mass is 9.66. The largest absolute Gasteiger partial charge is 0.456 e. The fourth-order valence-electron chi connectivity index (χ4n) is 10.4. The van der Waals surface area contributed by atoms with Crippen LogP contribution in [0.5, 0.6) is 11.5 Å². The highest BCUT2D eigenvalue weighted by Crippen LogP contribution is 2.63. The summed E-state index contributed by atoms with van der Waals surface area (Å²) in [5, 5.41) is 7.18. The summed E-state index contributed by atoms with van der Waals surface area (Å²) in [6.45, 7) is 0. The molecular formula is C53H32N2O. The standard InChI is InChI=1S/C53H32N2O/c1-2-15-34(16-3-1)54-46-24-12-8-20-39(46)41-32-35(27-30-47(41)54)55-48-31-29-45-52(50(48)40-28-26-33-14-4-5-17-36(33)51(40)55)56-49-25-13-11-23-44(49)53(45)42-21-9-6-18-37(42)38-19-7-10-22-43(38)53/h1-32H. The monoisotopic (exact) mass is 712 g/mol. The van der Waals surface area contributed by atoms with Gasteiger partial charge >= 0.3 is 0 Å². The van der Waals surface area contributed by atoms with Gasteiger partial charge in [-0.05, 0) is 76.2 Å². The highest BCUT2D eigenvalue weighted by atomic mass is 16.5. The molecule has 0 saturated carbocycles. The van der Waals surface area contributed by atoms with Crippen molar-refractivity contribution in [3.05, 3.63) is 216 Å². The van der Waals surface area contributed by atoms with Crippen LogP contribution in [0.3, 0.4) is 0 Å². The Hall–Kier alpha value is -7.36. The van der Waals surface area contributed by atoms with Gasteiger partial charge in [0.2, 0.25) is 0 Å². The van der Waals surface area contributed by atoms with Crippen molar-refractivity contribution in [1.29, 1.82) is 0 Å². The molecule has 9 aromatic carbocycles. The number of benzene rings is 9. The molecule has 11 aromatic rings. The maximum absolute atomic E-state index is 7.24. The van der Waals surface area contributed by atoms with E-state index in [1.807, 2.05) is 0 Å². The fourth-order valence-corrected chi connectivity index (χ4v) is 10.4. The van der Waals surface area contributed by atoms with Crippen molar-refractivity contribution in [3.8, 4) is 34.0 Å². The first-order valence-electron chi connectivity index (χ1n) is 19.4. The highest BCUT2D eigenvalue weighted by Gasteiger charge is 2.51. The summed E-state index contributed by atoms with van der Waals surface area (Å²) in [5.41, 5.74) is 13.9. The predicted molar refractivity (Wildman–Crippen MR) is 230 cm³/mol. The molecule has 1 spiro atoms. The van der Waals surface area contributed by atoms with Crippen LogP contribution in [0.1, 0.15) is 22.3 Å². The molecule has 0 unspecified atom stereocenters. The molecule has 0 atom stereocenters. The molecule has 0 amide bonds. The average molecular weight is 713 g/mol. The normalized spacial score (nSPS) is 13.6. The van der Waals surface area contributed by atoms with Crippen molar-refractivity contribution in [2.45, 2.75) is 5.41 Å². The first-order chi connectivity index (χ1) is 27.8. The maximum Gasteiger partial charge on any atom is 0.142 e. The summed E-state index contributed by atoms with van der Waals surface area (Å²) in [6.07, 6.45) is 0. The van der Waals surface area contributed by atoms with Gasteiger partial charge in [-0.15, -0.1) is 0 Å². The zero-order chi connectivity index (χ0) is 36.5. The van der Waals surface area contributed by atoms with Crippen molar-refractivity contribution in [1.82, 2.24) is 9.13 Å². The van der Waals surface area contributed by atoms with Crippen molar-refractivity contribution in [3.63, 3.8) is 0 Å². The van der Waals surface area contributed by atoms with Crippen LogP contribution < -0.4 is 4.74 Å². The Morgan fingerprint density at radius 2 is 1.02 bits per heavy atom. The number of nitrogens with zero attached hydrogens (tertiary/aromatic N) is 2. The molecule has 0 fully saturated rings. The maximum atomic E-state index is 7.24. The summed E-state index contributed by atoms with van der Waals surface area (Å²) < 4.78 is 12.1. The smallest absolute Gasteiger partial charge is 0.142 e. The molecule has 3 nitrogen and oxygen atoms in total. The highest BCUT2D eigenvalue weighted by molar-refractivity contribution is 6.21. The van der Waals surface area contributed by atoms with Crippen LogP contribution >= 0.6 is 0 Å². The quantitative estimate of drug-likeness (QED) is 0.175. The van der Waals surface area contributed by atoms with Crippen LogP contribution in [0.25, 0.3) is 76.9 Å². The van der Waals surface area contributed by atoms with E-state index in [9.17, 15) is 0 Å². The molecule has 1 aliphatic carbocycles. The molecule has 2 aromatic heterocycles. The molecule has 0 radical (unpaired) electrons. The summed E-state index contributed by atoms with van der Waals surface area (Å²) in [7, 11) is 0. The second-order valence-corrected chi connectivity index (χ2v) is 15.2. The fraction of sp³-hybridized carbons (Fsp3) is 0.0189. The molecule has 3 heterocycles. The predicted octanol–water partition coefficient (Wildman–Crippen LogP) is 13.5. The Morgan fingerprint density at radius 3 is 1.84 bits per heavy atom. The first-order valence-corrected chi connectivity index (χ1v) is 19.4. The Bertz CT molecular complexity index is 3410. The third kappa shape index (κ3) is 3.67. The summed E-state index contributed by atoms with van der Waals surface area (Å²) in [5.74, 6) is 1.82. The van der Waals surface area contributed by atoms with Gasteiger partial charge < -0.3 is 13.9 Å². The Morgan fingerprint density at radius 1 is 0.375 bits per heavy atom. The Labute approximate surface area is 322 Å².